The third kappa shape index (κ3) is 1.68. The lowest BCUT2D eigenvalue weighted by molar-refractivity contribution is 0.0697. The van der Waals surface area contributed by atoms with Gasteiger partial charge in [0.2, 0.25) is 0 Å². The van der Waals surface area contributed by atoms with Crippen molar-refractivity contribution in [2.45, 2.75) is 19.1 Å². The number of cyclic esters (lactones) is 1. The Morgan fingerprint density at radius 1 is 1.53 bits per heavy atom. The molecule has 0 spiro atoms. The van der Waals surface area contributed by atoms with Crippen molar-refractivity contribution < 1.29 is 9.53 Å². The molecule has 1 aliphatic heterocycles. The van der Waals surface area contributed by atoms with Crippen LogP contribution in [0.3, 0.4) is 0 Å². The summed E-state index contributed by atoms with van der Waals surface area (Å²) in [5.41, 5.74) is 7.05. The summed E-state index contributed by atoms with van der Waals surface area (Å²) >= 11 is 0. The first-order chi connectivity index (χ1) is 7.15. The predicted octanol–water partition coefficient (Wildman–Crippen LogP) is 1.10. The molecule has 1 fully saturated rings. The smallest absolute Gasteiger partial charge is 0.408 e. The van der Waals surface area contributed by atoms with Gasteiger partial charge in [-0.25, -0.2) is 4.79 Å². The molecule has 0 saturated carbocycles. The van der Waals surface area contributed by atoms with E-state index in [1.807, 2.05) is 31.2 Å². The van der Waals surface area contributed by atoms with Gasteiger partial charge in [0, 0.05) is 12.1 Å². The molecule has 4 heteroatoms. The molecule has 15 heavy (non-hydrogen) atoms. The number of hydrogen-bond acceptors (Lipinski definition) is 3. The van der Waals surface area contributed by atoms with Crippen molar-refractivity contribution in [3.8, 4) is 0 Å². The predicted molar refractivity (Wildman–Crippen MR) is 56.2 cm³/mol. The molecule has 1 atom stereocenters. The summed E-state index contributed by atoms with van der Waals surface area (Å²) in [6, 6.07) is 7.75. The number of ether oxygens (including phenoxy) is 1. The van der Waals surface area contributed by atoms with Crippen molar-refractivity contribution >= 4 is 6.09 Å². The summed E-state index contributed by atoms with van der Waals surface area (Å²) in [4.78, 5) is 11.1. The zero-order valence-electron chi connectivity index (χ0n) is 8.62. The van der Waals surface area contributed by atoms with Gasteiger partial charge in [0.1, 0.15) is 0 Å². The second kappa shape index (κ2) is 3.55. The minimum absolute atomic E-state index is 0.371. The van der Waals surface area contributed by atoms with E-state index in [2.05, 4.69) is 5.32 Å². The van der Waals surface area contributed by atoms with Crippen LogP contribution in [-0.2, 0) is 16.9 Å². The largest absolute Gasteiger partial charge is 0.436 e. The van der Waals surface area contributed by atoms with Crippen LogP contribution in [0.15, 0.2) is 24.3 Å². The highest BCUT2D eigenvalue weighted by Gasteiger charge is 2.38. The maximum atomic E-state index is 11.1. The van der Waals surface area contributed by atoms with Gasteiger partial charge in [0.15, 0.2) is 5.60 Å². The first-order valence-corrected chi connectivity index (χ1v) is 4.91. The van der Waals surface area contributed by atoms with Gasteiger partial charge >= 0.3 is 6.09 Å². The average molecular weight is 206 g/mol. The van der Waals surface area contributed by atoms with Gasteiger partial charge in [0.05, 0.1) is 6.54 Å². The molecular weight excluding hydrogens is 192 g/mol. The third-order valence-electron chi connectivity index (χ3n) is 2.70. The molecule has 0 aromatic heterocycles. The Hall–Kier alpha value is -1.55. The van der Waals surface area contributed by atoms with Crippen molar-refractivity contribution in [1.29, 1.82) is 0 Å². The molecule has 1 saturated heterocycles. The lowest BCUT2D eigenvalue weighted by atomic mass is 9.91. The third-order valence-corrected chi connectivity index (χ3v) is 2.70. The van der Waals surface area contributed by atoms with Crippen molar-refractivity contribution in [3.63, 3.8) is 0 Å². The average Bonchev–Trinajstić information content (AvgIpc) is 2.60. The highest BCUT2D eigenvalue weighted by Crippen LogP contribution is 2.30. The van der Waals surface area contributed by atoms with Crippen LogP contribution in [0.5, 0.6) is 0 Å². The molecular formula is C11H14N2O2. The van der Waals surface area contributed by atoms with Gasteiger partial charge in [-0.2, -0.15) is 0 Å². The maximum Gasteiger partial charge on any atom is 0.408 e. The Balaban J connectivity index is 2.40. The van der Waals surface area contributed by atoms with Crippen LogP contribution in [0, 0.1) is 0 Å². The van der Waals surface area contributed by atoms with E-state index in [-0.39, 0.29) is 6.09 Å². The summed E-state index contributed by atoms with van der Waals surface area (Å²) in [6.45, 7) is 2.82. The lowest BCUT2D eigenvalue weighted by Crippen LogP contribution is -2.28. The number of nitrogens with one attached hydrogen (secondary N) is 1. The van der Waals surface area contributed by atoms with Crippen LogP contribution >= 0.6 is 0 Å². The van der Waals surface area contributed by atoms with Crippen LogP contribution < -0.4 is 11.1 Å². The number of alkyl carbamates (subject to hydrolysis) is 1. The first kappa shape index (κ1) is 9.98. The molecule has 4 nitrogen and oxygen atoms in total. The zero-order chi connectivity index (χ0) is 10.9. The van der Waals surface area contributed by atoms with Gasteiger partial charge < -0.3 is 15.8 Å². The van der Waals surface area contributed by atoms with E-state index >= 15 is 0 Å². The molecule has 1 aliphatic rings. The van der Waals surface area contributed by atoms with Crippen LogP contribution in [-0.4, -0.2) is 12.6 Å². The zero-order valence-corrected chi connectivity index (χ0v) is 8.62. The monoisotopic (exact) mass is 206 g/mol. The number of carbonyl (C=O) groups excluding carboxylic acids is 1. The minimum atomic E-state index is -0.590. The van der Waals surface area contributed by atoms with E-state index in [1.165, 1.54) is 0 Å². The van der Waals surface area contributed by atoms with E-state index in [0.717, 1.165) is 11.1 Å². The quantitative estimate of drug-likeness (QED) is 0.761. The van der Waals surface area contributed by atoms with Gasteiger partial charge in [0.25, 0.3) is 0 Å². The minimum Gasteiger partial charge on any atom is -0.436 e. The Morgan fingerprint density at radius 2 is 2.27 bits per heavy atom. The molecule has 1 aromatic rings. The molecule has 0 aliphatic carbocycles. The Morgan fingerprint density at radius 3 is 2.87 bits per heavy atom. The summed E-state index contributed by atoms with van der Waals surface area (Å²) in [5, 5.41) is 2.66. The van der Waals surface area contributed by atoms with Crippen molar-refractivity contribution in [3.05, 3.63) is 35.4 Å². The standard InChI is InChI=1S/C11H14N2O2/c1-11(7-13-10(14)15-11)9-5-3-2-4-8(9)6-12/h2-5H,6-7,12H2,1H3,(H,13,14). The highest BCUT2D eigenvalue weighted by atomic mass is 16.6. The summed E-state index contributed by atoms with van der Waals surface area (Å²) in [6.07, 6.45) is -0.371. The highest BCUT2D eigenvalue weighted by molar-refractivity contribution is 5.70. The number of hydrogen-bond donors (Lipinski definition) is 2. The van der Waals surface area contributed by atoms with Crippen molar-refractivity contribution in [1.82, 2.24) is 5.32 Å². The molecule has 1 heterocycles. The molecule has 1 unspecified atom stereocenters. The number of nitrogens with two attached hydrogens (primary N) is 1. The van der Waals surface area contributed by atoms with Crippen LogP contribution in [0.4, 0.5) is 4.79 Å². The SMILES string of the molecule is CC1(c2ccccc2CN)CNC(=O)O1. The summed E-state index contributed by atoms with van der Waals surface area (Å²) in [7, 11) is 0. The fourth-order valence-electron chi connectivity index (χ4n) is 1.88. The molecule has 0 bridgehead atoms. The topological polar surface area (TPSA) is 64.3 Å². The van der Waals surface area contributed by atoms with E-state index in [1.54, 1.807) is 0 Å². The Kier molecular flexibility index (Phi) is 2.36. The van der Waals surface area contributed by atoms with Gasteiger partial charge in [-0.15, -0.1) is 0 Å². The second-order valence-corrected chi connectivity index (χ2v) is 3.84. The van der Waals surface area contributed by atoms with Gasteiger partial charge in [-0.1, -0.05) is 24.3 Å². The molecule has 2 rings (SSSR count). The maximum absolute atomic E-state index is 11.1. The molecule has 80 valence electrons. The molecule has 3 N–H and O–H groups in total. The number of rotatable bonds is 2. The summed E-state index contributed by atoms with van der Waals surface area (Å²) < 4.78 is 5.27. The molecule has 0 radical (unpaired) electrons. The first-order valence-electron chi connectivity index (χ1n) is 4.91. The number of amides is 1. The van der Waals surface area contributed by atoms with Crippen LogP contribution in [0.1, 0.15) is 18.1 Å². The van der Waals surface area contributed by atoms with E-state index < -0.39 is 5.60 Å². The van der Waals surface area contributed by atoms with Crippen LogP contribution in [0.2, 0.25) is 0 Å². The Labute approximate surface area is 88.4 Å². The molecule has 1 aromatic carbocycles. The fourth-order valence-corrected chi connectivity index (χ4v) is 1.88. The lowest BCUT2D eigenvalue weighted by Gasteiger charge is -2.24. The van der Waals surface area contributed by atoms with E-state index in [9.17, 15) is 4.79 Å². The van der Waals surface area contributed by atoms with Gasteiger partial charge in [-0.05, 0) is 12.5 Å². The second-order valence-electron chi connectivity index (χ2n) is 3.84. The summed E-state index contributed by atoms with van der Waals surface area (Å²) in [5.74, 6) is 0. The Bertz CT molecular complexity index is 392. The van der Waals surface area contributed by atoms with Crippen molar-refractivity contribution in [2.24, 2.45) is 5.73 Å². The van der Waals surface area contributed by atoms with E-state index in [0.29, 0.717) is 13.1 Å². The number of carbonyl (C=O) groups is 1. The fraction of sp³-hybridized carbons (Fsp3) is 0.364. The van der Waals surface area contributed by atoms with E-state index in [4.69, 9.17) is 10.5 Å². The van der Waals surface area contributed by atoms with Crippen LogP contribution in [0.25, 0.3) is 0 Å². The number of benzene rings is 1. The molecule has 1 amide bonds. The van der Waals surface area contributed by atoms with Gasteiger partial charge in [-0.3, -0.25) is 0 Å². The van der Waals surface area contributed by atoms with Crippen molar-refractivity contribution in [2.75, 3.05) is 6.54 Å². The normalized spacial score (nSPS) is 24.8.